The van der Waals surface area contributed by atoms with Crippen molar-refractivity contribution in [3.05, 3.63) is 0 Å². The Hall–Kier alpha value is -0.0800. The molecule has 2 saturated carbocycles. The number of hydrogen-bond acceptors (Lipinski definition) is 2. The van der Waals surface area contributed by atoms with Crippen LogP contribution in [0.2, 0.25) is 0 Å². The maximum atomic E-state index is 3.74. The minimum Gasteiger partial charge on any atom is -0.313 e. The van der Waals surface area contributed by atoms with Crippen LogP contribution in [0.4, 0.5) is 0 Å². The number of hydrogen-bond donors (Lipinski definition) is 1. The highest BCUT2D eigenvalue weighted by Gasteiger charge is 2.30. The second-order valence-electron chi connectivity index (χ2n) is 6.11. The van der Waals surface area contributed by atoms with Crippen molar-refractivity contribution in [1.82, 2.24) is 10.2 Å². The highest BCUT2D eigenvalue weighted by molar-refractivity contribution is 4.87. The third kappa shape index (κ3) is 4.26. The highest BCUT2D eigenvalue weighted by Crippen LogP contribution is 2.31. The van der Waals surface area contributed by atoms with Crippen molar-refractivity contribution in [2.24, 2.45) is 5.92 Å². The van der Waals surface area contributed by atoms with E-state index < -0.39 is 0 Å². The van der Waals surface area contributed by atoms with E-state index >= 15 is 0 Å². The van der Waals surface area contributed by atoms with Crippen LogP contribution in [0.3, 0.4) is 0 Å². The van der Waals surface area contributed by atoms with Gasteiger partial charge in [0.05, 0.1) is 0 Å². The molecule has 0 amide bonds. The topological polar surface area (TPSA) is 15.3 Å². The van der Waals surface area contributed by atoms with Crippen molar-refractivity contribution in [3.63, 3.8) is 0 Å². The van der Waals surface area contributed by atoms with E-state index in [0.29, 0.717) is 0 Å². The van der Waals surface area contributed by atoms with Crippen LogP contribution in [0.15, 0.2) is 0 Å². The first-order valence-corrected chi connectivity index (χ1v) is 7.75. The van der Waals surface area contributed by atoms with Crippen molar-refractivity contribution >= 4 is 0 Å². The maximum absolute atomic E-state index is 3.74. The lowest BCUT2D eigenvalue weighted by Crippen LogP contribution is -2.49. The molecule has 100 valence electrons. The van der Waals surface area contributed by atoms with Crippen LogP contribution < -0.4 is 5.32 Å². The van der Waals surface area contributed by atoms with Gasteiger partial charge in [0.25, 0.3) is 0 Å². The standard InChI is InChI=1S/C15H30N2/c1-3-16-14-8-6-4-5-7-9-15(14)17(2)12-13-10-11-13/h13-16H,3-12H2,1-2H3. The molecule has 0 spiro atoms. The second kappa shape index (κ2) is 6.75. The zero-order valence-corrected chi connectivity index (χ0v) is 11.8. The fourth-order valence-corrected chi connectivity index (χ4v) is 3.34. The molecule has 2 aliphatic carbocycles. The van der Waals surface area contributed by atoms with E-state index in [1.165, 1.54) is 57.9 Å². The third-order valence-electron chi connectivity index (χ3n) is 4.51. The Morgan fingerprint density at radius 1 is 1.00 bits per heavy atom. The average Bonchev–Trinajstić information content (AvgIpc) is 3.06. The molecule has 2 atom stereocenters. The van der Waals surface area contributed by atoms with E-state index in [1.54, 1.807) is 0 Å². The molecule has 0 aromatic rings. The summed E-state index contributed by atoms with van der Waals surface area (Å²) in [5, 5.41) is 3.74. The Labute approximate surface area is 107 Å². The Balaban J connectivity index is 1.90. The SMILES string of the molecule is CCNC1CCCCCCC1N(C)CC1CC1. The summed E-state index contributed by atoms with van der Waals surface area (Å²) in [5.41, 5.74) is 0. The van der Waals surface area contributed by atoms with E-state index in [-0.39, 0.29) is 0 Å². The van der Waals surface area contributed by atoms with Gasteiger partial charge in [-0.25, -0.2) is 0 Å². The van der Waals surface area contributed by atoms with E-state index in [9.17, 15) is 0 Å². The van der Waals surface area contributed by atoms with Crippen LogP contribution in [-0.4, -0.2) is 37.1 Å². The van der Waals surface area contributed by atoms with Gasteiger partial charge in [-0.1, -0.05) is 32.6 Å². The minimum absolute atomic E-state index is 0.740. The van der Waals surface area contributed by atoms with E-state index in [0.717, 1.165) is 24.5 Å². The molecule has 2 unspecified atom stereocenters. The normalized spacial score (nSPS) is 31.2. The van der Waals surface area contributed by atoms with Crippen molar-refractivity contribution in [3.8, 4) is 0 Å². The van der Waals surface area contributed by atoms with Gasteiger partial charge in [-0.3, -0.25) is 0 Å². The smallest absolute Gasteiger partial charge is 0.0246 e. The van der Waals surface area contributed by atoms with Crippen LogP contribution >= 0.6 is 0 Å². The molecule has 0 aliphatic heterocycles. The molecule has 2 aliphatic rings. The fourth-order valence-electron chi connectivity index (χ4n) is 3.34. The lowest BCUT2D eigenvalue weighted by Gasteiger charge is -2.37. The Bertz CT molecular complexity index is 213. The van der Waals surface area contributed by atoms with Gasteiger partial charge in [0, 0.05) is 18.6 Å². The molecule has 2 nitrogen and oxygen atoms in total. The fraction of sp³-hybridized carbons (Fsp3) is 1.00. The molecular weight excluding hydrogens is 208 g/mol. The summed E-state index contributed by atoms with van der Waals surface area (Å²) in [6.45, 7) is 4.71. The largest absolute Gasteiger partial charge is 0.313 e. The van der Waals surface area contributed by atoms with Gasteiger partial charge in [-0.15, -0.1) is 0 Å². The molecule has 2 rings (SSSR count). The first-order valence-electron chi connectivity index (χ1n) is 7.75. The Kier molecular flexibility index (Phi) is 5.30. The van der Waals surface area contributed by atoms with Gasteiger partial charge in [0.15, 0.2) is 0 Å². The molecular formula is C15H30N2. The number of nitrogens with zero attached hydrogens (tertiary/aromatic N) is 1. The van der Waals surface area contributed by atoms with Gasteiger partial charge in [-0.2, -0.15) is 0 Å². The minimum atomic E-state index is 0.740. The van der Waals surface area contributed by atoms with E-state index in [1.807, 2.05) is 0 Å². The van der Waals surface area contributed by atoms with Crippen molar-refractivity contribution in [2.75, 3.05) is 20.1 Å². The van der Waals surface area contributed by atoms with Gasteiger partial charge in [0.2, 0.25) is 0 Å². The van der Waals surface area contributed by atoms with Crippen LogP contribution in [0.1, 0.15) is 58.3 Å². The monoisotopic (exact) mass is 238 g/mol. The Morgan fingerprint density at radius 3 is 2.35 bits per heavy atom. The lowest BCUT2D eigenvalue weighted by molar-refractivity contribution is 0.158. The Morgan fingerprint density at radius 2 is 1.71 bits per heavy atom. The zero-order valence-electron chi connectivity index (χ0n) is 11.8. The molecule has 0 radical (unpaired) electrons. The summed E-state index contributed by atoms with van der Waals surface area (Å²) < 4.78 is 0. The predicted octanol–water partition coefficient (Wildman–Crippen LogP) is 3.03. The quantitative estimate of drug-likeness (QED) is 0.792. The summed E-state index contributed by atoms with van der Waals surface area (Å²) >= 11 is 0. The lowest BCUT2D eigenvalue weighted by atomic mass is 9.91. The van der Waals surface area contributed by atoms with Crippen LogP contribution in [-0.2, 0) is 0 Å². The number of rotatable bonds is 5. The average molecular weight is 238 g/mol. The maximum Gasteiger partial charge on any atom is 0.0246 e. The molecule has 0 aromatic carbocycles. The van der Waals surface area contributed by atoms with Crippen molar-refractivity contribution < 1.29 is 0 Å². The highest BCUT2D eigenvalue weighted by atomic mass is 15.2. The third-order valence-corrected chi connectivity index (χ3v) is 4.51. The number of likely N-dealkylation sites (N-methyl/N-ethyl adjacent to an activating group) is 2. The van der Waals surface area contributed by atoms with Gasteiger partial charge in [-0.05, 0) is 45.2 Å². The van der Waals surface area contributed by atoms with Crippen LogP contribution in [0, 0.1) is 5.92 Å². The molecule has 0 heterocycles. The van der Waals surface area contributed by atoms with Crippen LogP contribution in [0.5, 0.6) is 0 Å². The van der Waals surface area contributed by atoms with Crippen LogP contribution in [0.25, 0.3) is 0 Å². The molecule has 2 fully saturated rings. The second-order valence-corrected chi connectivity index (χ2v) is 6.11. The molecule has 17 heavy (non-hydrogen) atoms. The van der Waals surface area contributed by atoms with Gasteiger partial charge >= 0.3 is 0 Å². The van der Waals surface area contributed by atoms with E-state index in [2.05, 4.69) is 24.2 Å². The molecule has 0 bridgehead atoms. The summed E-state index contributed by atoms with van der Waals surface area (Å²) in [4.78, 5) is 2.66. The van der Waals surface area contributed by atoms with Gasteiger partial charge < -0.3 is 10.2 Å². The van der Waals surface area contributed by atoms with Crippen molar-refractivity contribution in [1.29, 1.82) is 0 Å². The van der Waals surface area contributed by atoms with Gasteiger partial charge in [0.1, 0.15) is 0 Å². The summed E-state index contributed by atoms with van der Waals surface area (Å²) in [6.07, 6.45) is 11.5. The predicted molar refractivity (Wildman–Crippen MR) is 74.3 cm³/mol. The van der Waals surface area contributed by atoms with E-state index in [4.69, 9.17) is 0 Å². The first-order chi connectivity index (χ1) is 8.31. The molecule has 1 N–H and O–H groups in total. The van der Waals surface area contributed by atoms with Crippen molar-refractivity contribution in [2.45, 2.75) is 70.4 Å². The summed E-state index contributed by atoms with van der Waals surface area (Å²) in [6, 6.07) is 1.53. The summed E-state index contributed by atoms with van der Waals surface area (Å²) in [5.74, 6) is 1.02. The summed E-state index contributed by atoms with van der Waals surface area (Å²) in [7, 11) is 2.36. The molecule has 0 saturated heterocycles. The zero-order chi connectivity index (χ0) is 12.1. The number of nitrogens with one attached hydrogen (secondary N) is 1. The molecule has 2 heteroatoms. The first kappa shape index (κ1) is 13.4. The molecule has 0 aromatic heterocycles.